The van der Waals surface area contributed by atoms with Gasteiger partial charge in [-0.25, -0.2) is 4.79 Å². The molecule has 112 valence electrons. The number of carbonyl (C=O) groups is 4. The molecule has 0 aliphatic carbocycles. The van der Waals surface area contributed by atoms with E-state index in [-0.39, 0.29) is 29.7 Å². The maximum atomic E-state index is 12.3. The lowest BCUT2D eigenvalue weighted by Gasteiger charge is -2.26. The van der Waals surface area contributed by atoms with Gasteiger partial charge in [-0.15, -0.1) is 0 Å². The fraction of sp³-hybridized carbons (Fsp3) is 0.231. The Kier molecular flexibility index (Phi) is 2.98. The smallest absolute Gasteiger partial charge is 0.337 e. The SMILES string of the molecule is O=C1CC[C@H](N2C(=O)c3ccc([N+](=O)[O-])cc3C2=O)C(=O)O1. The van der Waals surface area contributed by atoms with Crippen molar-refractivity contribution in [1.29, 1.82) is 0 Å². The molecule has 2 aliphatic heterocycles. The number of hydrogen-bond acceptors (Lipinski definition) is 7. The normalized spacial score (nSPS) is 20.9. The molecule has 0 radical (unpaired) electrons. The van der Waals surface area contributed by atoms with Gasteiger partial charge in [0.1, 0.15) is 6.04 Å². The van der Waals surface area contributed by atoms with E-state index < -0.39 is 34.7 Å². The van der Waals surface area contributed by atoms with Gasteiger partial charge in [-0.05, 0) is 12.5 Å². The lowest BCUT2D eigenvalue weighted by molar-refractivity contribution is -0.384. The van der Waals surface area contributed by atoms with Crippen LogP contribution in [-0.2, 0) is 14.3 Å². The quantitative estimate of drug-likeness (QED) is 0.255. The van der Waals surface area contributed by atoms with Gasteiger partial charge >= 0.3 is 11.9 Å². The summed E-state index contributed by atoms with van der Waals surface area (Å²) in [5, 5.41) is 10.7. The highest BCUT2D eigenvalue weighted by molar-refractivity contribution is 6.23. The first-order valence-corrected chi connectivity index (χ1v) is 6.31. The molecule has 1 aromatic carbocycles. The molecule has 0 unspecified atom stereocenters. The largest absolute Gasteiger partial charge is 0.392 e. The number of nitrogens with zero attached hydrogens (tertiary/aromatic N) is 2. The summed E-state index contributed by atoms with van der Waals surface area (Å²) in [5.41, 5.74) is -0.479. The van der Waals surface area contributed by atoms with Gasteiger partial charge in [0.25, 0.3) is 17.5 Å². The number of fused-ring (bicyclic) bond motifs is 1. The van der Waals surface area contributed by atoms with E-state index in [1.165, 1.54) is 6.07 Å². The number of benzene rings is 1. The second kappa shape index (κ2) is 4.72. The van der Waals surface area contributed by atoms with Gasteiger partial charge in [-0.1, -0.05) is 0 Å². The molecular formula is C13H8N2O7. The number of rotatable bonds is 2. The minimum atomic E-state index is -1.19. The lowest BCUT2D eigenvalue weighted by Crippen LogP contribution is -2.48. The maximum Gasteiger partial charge on any atom is 0.337 e. The van der Waals surface area contributed by atoms with Crippen LogP contribution in [0.4, 0.5) is 5.69 Å². The average molecular weight is 304 g/mol. The second-order valence-corrected chi connectivity index (χ2v) is 4.81. The first-order chi connectivity index (χ1) is 10.4. The predicted molar refractivity (Wildman–Crippen MR) is 67.7 cm³/mol. The topological polar surface area (TPSA) is 124 Å². The van der Waals surface area contributed by atoms with Crippen molar-refractivity contribution >= 4 is 29.4 Å². The number of hydrogen-bond donors (Lipinski definition) is 0. The first-order valence-electron chi connectivity index (χ1n) is 6.31. The Labute approximate surface area is 122 Å². The Morgan fingerprint density at radius 2 is 1.82 bits per heavy atom. The molecule has 1 atom stereocenters. The summed E-state index contributed by atoms with van der Waals surface area (Å²) in [4.78, 5) is 58.1. The van der Waals surface area contributed by atoms with Gasteiger partial charge in [0.15, 0.2) is 0 Å². The Bertz CT molecular complexity index is 755. The molecule has 1 saturated heterocycles. The maximum absolute atomic E-state index is 12.3. The molecule has 22 heavy (non-hydrogen) atoms. The molecule has 1 aromatic rings. The van der Waals surface area contributed by atoms with E-state index in [4.69, 9.17) is 0 Å². The fourth-order valence-corrected chi connectivity index (χ4v) is 2.48. The number of cyclic esters (lactones) is 2. The Balaban J connectivity index is 1.98. The van der Waals surface area contributed by atoms with Gasteiger partial charge in [0, 0.05) is 18.6 Å². The predicted octanol–water partition coefficient (Wildman–Crippen LogP) is 0.423. The van der Waals surface area contributed by atoms with Crippen molar-refractivity contribution in [1.82, 2.24) is 4.90 Å². The van der Waals surface area contributed by atoms with Gasteiger partial charge < -0.3 is 4.74 Å². The molecule has 3 rings (SSSR count). The fourth-order valence-electron chi connectivity index (χ4n) is 2.48. The number of nitro groups is 1. The molecule has 2 aliphatic rings. The van der Waals surface area contributed by atoms with E-state index in [2.05, 4.69) is 4.74 Å². The Morgan fingerprint density at radius 1 is 1.14 bits per heavy atom. The van der Waals surface area contributed by atoms with Crippen molar-refractivity contribution in [2.45, 2.75) is 18.9 Å². The van der Waals surface area contributed by atoms with Crippen LogP contribution < -0.4 is 0 Å². The van der Waals surface area contributed by atoms with Crippen LogP contribution in [0.15, 0.2) is 18.2 Å². The molecule has 2 heterocycles. The van der Waals surface area contributed by atoms with Crippen LogP contribution in [-0.4, -0.2) is 39.6 Å². The number of ether oxygens (including phenoxy) is 1. The van der Waals surface area contributed by atoms with Gasteiger partial charge in [-0.2, -0.15) is 0 Å². The zero-order valence-corrected chi connectivity index (χ0v) is 11.0. The van der Waals surface area contributed by atoms with Crippen molar-refractivity contribution in [3.05, 3.63) is 39.4 Å². The lowest BCUT2D eigenvalue weighted by atomic mass is 10.1. The highest BCUT2D eigenvalue weighted by Gasteiger charge is 2.46. The molecule has 2 amide bonds. The van der Waals surface area contributed by atoms with Gasteiger partial charge in [0.2, 0.25) is 0 Å². The summed E-state index contributed by atoms with van der Waals surface area (Å²) in [7, 11) is 0. The van der Waals surface area contributed by atoms with Crippen LogP contribution in [0.25, 0.3) is 0 Å². The van der Waals surface area contributed by atoms with Crippen molar-refractivity contribution in [3.63, 3.8) is 0 Å². The van der Waals surface area contributed by atoms with E-state index in [0.717, 1.165) is 12.1 Å². The van der Waals surface area contributed by atoms with E-state index in [9.17, 15) is 29.3 Å². The number of amides is 2. The van der Waals surface area contributed by atoms with Crippen LogP contribution in [0.5, 0.6) is 0 Å². The van der Waals surface area contributed by atoms with Crippen LogP contribution in [0.1, 0.15) is 33.6 Å². The van der Waals surface area contributed by atoms with E-state index in [1.807, 2.05) is 0 Å². The Morgan fingerprint density at radius 3 is 2.45 bits per heavy atom. The molecule has 0 N–H and O–H groups in total. The number of imide groups is 1. The van der Waals surface area contributed by atoms with Gasteiger partial charge in [-0.3, -0.25) is 29.4 Å². The summed E-state index contributed by atoms with van der Waals surface area (Å²) < 4.78 is 4.44. The highest BCUT2D eigenvalue weighted by atomic mass is 16.6. The average Bonchev–Trinajstić information content (AvgIpc) is 2.71. The van der Waals surface area contributed by atoms with Crippen LogP contribution >= 0.6 is 0 Å². The third-order valence-corrected chi connectivity index (χ3v) is 3.53. The number of esters is 2. The number of carbonyl (C=O) groups excluding carboxylic acids is 4. The highest BCUT2D eigenvalue weighted by Crippen LogP contribution is 2.30. The minimum absolute atomic E-state index is 0.0136. The van der Waals surface area contributed by atoms with E-state index in [0.29, 0.717) is 4.90 Å². The third-order valence-electron chi connectivity index (χ3n) is 3.53. The Hall–Kier alpha value is -3.10. The van der Waals surface area contributed by atoms with Crippen molar-refractivity contribution in [2.75, 3.05) is 0 Å². The van der Waals surface area contributed by atoms with E-state index in [1.54, 1.807) is 0 Å². The van der Waals surface area contributed by atoms with Crippen LogP contribution in [0.3, 0.4) is 0 Å². The second-order valence-electron chi connectivity index (χ2n) is 4.81. The molecule has 1 fully saturated rings. The summed E-state index contributed by atoms with van der Waals surface area (Å²) in [5.74, 6) is -3.22. The van der Waals surface area contributed by atoms with Crippen molar-refractivity contribution < 1.29 is 28.8 Å². The number of non-ortho nitro benzene ring substituents is 1. The molecule has 0 bridgehead atoms. The zero-order valence-electron chi connectivity index (χ0n) is 11.0. The molecule has 0 saturated carbocycles. The first kappa shape index (κ1) is 13.9. The van der Waals surface area contributed by atoms with Gasteiger partial charge in [0.05, 0.1) is 16.1 Å². The molecule has 0 aromatic heterocycles. The van der Waals surface area contributed by atoms with E-state index >= 15 is 0 Å². The summed E-state index contributed by atoms with van der Waals surface area (Å²) >= 11 is 0. The molecular weight excluding hydrogens is 296 g/mol. The van der Waals surface area contributed by atoms with Crippen molar-refractivity contribution in [3.8, 4) is 0 Å². The monoisotopic (exact) mass is 304 g/mol. The molecule has 0 spiro atoms. The summed E-state index contributed by atoms with van der Waals surface area (Å²) in [6.07, 6.45) is -0.116. The minimum Gasteiger partial charge on any atom is -0.392 e. The van der Waals surface area contributed by atoms with Crippen molar-refractivity contribution in [2.24, 2.45) is 0 Å². The molecule has 9 nitrogen and oxygen atoms in total. The standard InChI is InChI=1S/C13H8N2O7/c16-10-4-3-9(13(19)22-10)14-11(17)7-2-1-6(15(20)21)5-8(7)12(14)18/h1-2,5,9H,3-4H2/t9-/m0/s1. The third kappa shape index (κ3) is 1.94. The summed E-state index contributed by atoms with van der Waals surface area (Å²) in [6.45, 7) is 0. The van der Waals surface area contributed by atoms with Crippen LogP contribution in [0.2, 0.25) is 0 Å². The summed E-state index contributed by atoms with van der Waals surface area (Å²) in [6, 6.07) is 2.09. The molecule has 9 heteroatoms. The number of nitro benzene ring substituents is 1. The zero-order chi connectivity index (χ0) is 16.0. The van der Waals surface area contributed by atoms with Crippen LogP contribution in [0, 0.1) is 10.1 Å².